The minimum Gasteiger partial charge on any atom is -0.394 e. The molecule has 0 unspecified atom stereocenters. The van der Waals surface area contributed by atoms with E-state index in [1.54, 1.807) is 0 Å². The number of imidazole rings is 1. The monoisotopic (exact) mass is 394 g/mol. The van der Waals surface area contributed by atoms with Crippen molar-refractivity contribution in [3.8, 4) is 0 Å². The molecular formula is C19H30N4O5. The maximum atomic E-state index is 12.3. The van der Waals surface area contributed by atoms with Crippen molar-refractivity contribution in [1.82, 2.24) is 19.5 Å². The van der Waals surface area contributed by atoms with Crippen LogP contribution in [-0.2, 0) is 11.2 Å². The molecule has 9 nitrogen and oxygen atoms in total. The van der Waals surface area contributed by atoms with Crippen LogP contribution < -0.4 is 5.56 Å². The quantitative estimate of drug-likeness (QED) is 0.442. The predicted octanol–water partition coefficient (Wildman–Crippen LogP) is 1.02. The van der Waals surface area contributed by atoms with Gasteiger partial charge in [-0.2, -0.15) is 0 Å². The Hall–Kier alpha value is -1.81. The number of fused-ring (bicyclic) bond motifs is 1. The highest BCUT2D eigenvalue weighted by molar-refractivity contribution is 5.69. The van der Waals surface area contributed by atoms with Crippen LogP contribution in [0, 0.1) is 0 Å². The lowest BCUT2D eigenvalue weighted by atomic mass is 10.1. The Bertz CT molecular complexity index is 820. The smallest absolute Gasteiger partial charge is 0.279 e. The standard InChI is InChI=1S/C19H30N4O5/c1-2-3-4-5-6-7-8-9-13-21-17-14(18(27)22-13)20-11-23(17)19-16(26)15(25)12(10-24)28-19/h11-12,15-16,19,24-26H,2-10H2,1H3,(H,21,22,27)/t12-,15-,16-,19-/m1/s1. The topological polar surface area (TPSA) is 133 Å². The number of hydrogen-bond acceptors (Lipinski definition) is 7. The van der Waals surface area contributed by atoms with E-state index < -0.39 is 31.1 Å². The minimum atomic E-state index is -1.25. The van der Waals surface area contributed by atoms with Gasteiger partial charge in [0.2, 0.25) is 0 Å². The number of aromatic nitrogens is 4. The van der Waals surface area contributed by atoms with E-state index in [1.807, 2.05) is 0 Å². The summed E-state index contributed by atoms with van der Waals surface area (Å²) in [7, 11) is 0. The molecule has 4 N–H and O–H groups in total. The second kappa shape index (κ2) is 9.60. The lowest BCUT2D eigenvalue weighted by Gasteiger charge is -2.16. The summed E-state index contributed by atoms with van der Waals surface area (Å²) in [5, 5.41) is 29.5. The van der Waals surface area contributed by atoms with Crippen LogP contribution in [0.15, 0.2) is 11.1 Å². The normalized spacial score (nSPS) is 25.0. The van der Waals surface area contributed by atoms with E-state index in [-0.39, 0.29) is 11.1 Å². The van der Waals surface area contributed by atoms with E-state index in [0.29, 0.717) is 17.9 Å². The fourth-order valence-electron chi connectivity index (χ4n) is 3.64. The molecule has 28 heavy (non-hydrogen) atoms. The molecule has 4 atom stereocenters. The lowest BCUT2D eigenvalue weighted by molar-refractivity contribution is -0.0511. The van der Waals surface area contributed by atoms with Crippen LogP contribution in [-0.4, -0.2) is 59.8 Å². The molecule has 3 heterocycles. The van der Waals surface area contributed by atoms with Gasteiger partial charge in [0.1, 0.15) is 24.1 Å². The van der Waals surface area contributed by atoms with Gasteiger partial charge in [0, 0.05) is 6.42 Å². The van der Waals surface area contributed by atoms with Gasteiger partial charge in [0.05, 0.1) is 12.9 Å². The van der Waals surface area contributed by atoms with Gasteiger partial charge in [0.15, 0.2) is 17.4 Å². The lowest BCUT2D eigenvalue weighted by Crippen LogP contribution is -2.33. The number of hydrogen-bond donors (Lipinski definition) is 4. The first-order chi connectivity index (χ1) is 13.6. The zero-order valence-corrected chi connectivity index (χ0v) is 16.3. The van der Waals surface area contributed by atoms with Crippen molar-refractivity contribution in [3.05, 3.63) is 22.5 Å². The van der Waals surface area contributed by atoms with Crippen LogP contribution in [0.4, 0.5) is 0 Å². The van der Waals surface area contributed by atoms with Crippen LogP contribution in [0.5, 0.6) is 0 Å². The summed E-state index contributed by atoms with van der Waals surface area (Å²) in [5.41, 5.74) is 0.117. The molecular weight excluding hydrogens is 364 g/mol. The van der Waals surface area contributed by atoms with Crippen molar-refractivity contribution in [2.75, 3.05) is 6.61 Å². The number of H-pyrrole nitrogens is 1. The van der Waals surface area contributed by atoms with Gasteiger partial charge in [-0.3, -0.25) is 9.36 Å². The van der Waals surface area contributed by atoms with Crippen LogP contribution >= 0.6 is 0 Å². The van der Waals surface area contributed by atoms with Gasteiger partial charge >= 0.3 is 0 Å². The minimum absolute atomic E-state index is 0.154. The zero-order chi connectivity index (χ0) is 20.1. The molecule has 0 bridgehead atoms. The molecule has 0 spiro atoms. The summed E-state index contributed by atoms with van der Waals surface area (Å²) < 4.78 is 6.98. The van der Waals surface area contributed by atoms with Crippen LogP contribution in [0.3, 0.4) is 0 Å². The SMILES string of the molecule is CCCCCCCCCc1nc2c(ncn2[C@@H]2O[C@H](CO)[C@@H](O)[C@H]2O)c(=O)[nH]1. The van der Waals surface area contributed by atoms with Gasteiger partial charge in [-0.25, -0.2) is 9.97 Å². The van der Waals surface area contributed by atoms with Crippen LogP contribution in [0.1, 0.15) is 63.9 Å². The molecule has 0 aliphatic carbocycles. The average Bonchev–Trinajstić information content (AvgIpc) is 3.23. The van der Waals surface area contributed by atoms with Gasteiger partial charge in [0.25, 0.3) is 5.56 Å². The van der Waals surface area contributed by atoms with Crippen molar-refractivity contribution in [3.63, 3.8) is 0 Å². The van der Waals surface area contributed by atoms with Crippen LogP contribution in [0.2, 0.25) is 0 Å². The first-order valence-corrected chi connectivity index (χ1v) is 10.1. The Balaban J connectivity index is 1.70. The summed E-state index contributed by atoms with van der Waals surface area (Å²) >= 11 is 0. The molecule has 0 aromatic carbocycles. The first-order valence-electron chi connectivity index (χ1n) is 10.1. The zero-order valence-electron chi connectivity index (χ0n) is 16.3. The number of aliphatic hydroxyl groups is 3. The molecule has 1 aliphatic heterocycles. The number of unbranched alkanes of at least 4 members (excludes halogenated alkanes) is 6. The van der Waals surface area contributed by atoms with Crippen molar-refractivity contribution >= 4 is 11.2 Å². The van der Waals surface area contributed by atoms with E-state index in [4.69, 9.17) is 4.74 Å². The highest BCUT2D eigenvalue weighted by Gasteiger charge is 2.44. The number of aliphatic hydroxyl groups excluding tert-OH is 3. The highest BCUT2D eigenvalue weighted by atomic mass is 16.6. The second-order valence-corrected chi connectivity index (χ2v) is 7.44. The summed E-state index contributed by atoms with van der Waals surface area (Å²) in [5.74, 6) is 0.569. The number of aromatic amines is 1. The number of rotatable bonds is 10. The Kier molecular flexibility index (Phi) is 7.17. The Morgan fingerprint density at radius 2 is 1.86 bits per heavy atom. The van der Waals surface area contributed by atoms with Gasteiger partial charge in [-0.05, 0) is 6.42 Å². The summed E-state index contributed by atoms with van der Waals surface area (Å²) in [6.07, 6.45) is 5.88. The molecule has 0 radical (unpaired) electrons. The van der Waals surface area contributed by atoms with Crippen molar-refractivity contribution < 1.29 is 20.1 Å². The summed E-state index contributed by atoms with van der Waals surface area (Å²) in [6, 6.07) is 0. The van der Waals surface area contributed by atoms with E-state index in [2.05, 4.69) is 21.9 Å². The maximum Gasteiger partial charge on any atom is 0.279 e. The number of nitrogens with one attached hydrogen (secondary N) is 1. The molecule has 1 fully saturated rings. The molecule has 3 rings (SSSR count). The second-order valence-electron chi connectivity index (χ2n) is 7.44. The molecule has 0 amide bonds. The summed E-state index contributed by atoms with van der Waals surface area (Å²) in [4.78, 5) is 23.7. The Morgan fingerprint density at radius 1 is 1.14 bits per heavy atom. The predicted molar refractivity (Wildman–Crippen MR) is 103 cm³/mol. The third-order valence-corrected chi connectivity index (χ3v) is 5.29. The van der Waals surface area contributed by atoms with Gasteiger partial charge in [-0.1, -0.05) is 45.4 Å². The van der Waals surface area contributed by atoms with Crippen LogP contribution in [0.25, 0.3) is 11.2 Å². The fourth-order valence-corrected chi connectivity index (χ4v) is 3.64. The van der Waals surface area contributed by atoms with Crippen molar-refractivity contribution in [2.45, 2.75) is 82.8 Å². The molecule has 1 saturated heterocycles. The van der Waals surface area contributed by atoms with E-state index >= 15 is 0 Å². The average molecular weight is 394 g/mol. The first kappa shape index (κ1) is 20.9. The fraction of sp³-hybridized carbons (Fsp3) is 0.737. The largest absolute Gasteiger partial charge is 0.394 e. The number of aryl methyl sites for hydroxylation is 1. The molecule has 2 aromatic rings. The molecule has 9 heteroatoms. The van der Waals surface area contributed by atoms with E-state index in [1.165, 1.54) is 43.0 Å². The number of nitrogens with zero attached hydrogens (tertiary/aromatic N) is 3. The Morgan fingerprint density at radius 3 is 2.54 bits per heavy atom. The molecule has 1 aliphatic rings. The van der Waals surface area contributed by atoms with E-state index in [0.717, 1.165) is 12.8 Å². The van der Waals surface area contributed by atoms with Gasteiger partial charge < -0.3 is 25.0 Å². The molecule has 2 aromatic heterocycles. The Labute approximate surface area is 163 Å². The maximum absolute atomic E-state index is 12.3. The van der Waals surface area contributed by atoms with E-state index in [9.17, 15) is 20.1 Å². The molecule has 156 valence electrons. The summed E-state index contributed by atoms with van der Waals surface area (Å²) in [6.45, 7) is 1.78. The third kappa shape index (κ3) is 4.43. The van der Waals surface area contributed by atoms with Crippen molar-refractivity contribution in [2.24, 2.45) is 0 Å². The highest BCUT2D eigenvalue weighted by Crippen LogP contribution is 2.30. The third-order valence-electron chi connectivity index (χ3n) is 5.29. The van der Waals surface area contributed by atoms with Crippen molar-refractivity contribution in [1.29, 1.82) is 0 Å². The number of ether oxygens (including phenoxy) is 1. The van der Waals surface area contributed by atoms with Gasteiger partial charge in [-0.15, -0.1) is 0 Å². The molecule has 0 saturated carbocycles.